The van der Waals surface area contributed by atoms with Crippen LogP contribution >= 0.6 is 0 Å². The largest absolute Gasteiger partial charge is 0.481 e. The Balaban J connectivity index is 1.78. The number of carboxylic acids is 1. The summed E-state index contributed by atoms with van der Waals surface area (Å²) in [4.78, 5) is 13.1. The van der Waals surface area contributed by atoms with Gasteiger partial charge in [0.05, 0.1) is 12.0 Å². The number of carbonyl (C=O) groups is 1. The van der Waals surface area contributed by atoms with Crippen molar-refractivity contribution in [1.82, 2.24) is 4.90 Å². The Labute approximate surface area is 95.9 Å². The van der Waals surface area contributed by atoms with Crippen LogP contribution in [0.5, 0.6) is 0 Å². The van der Waals surface area contributed by atoms with E-state index in [1.54, 1.807) is 0 Å². The quantitative estimate of drug-likeness (QED) is 0.782. The fourth-order valence-electron chi connectivity index (χ4n) is 2.55. The van der Waals surface area contributed by atoms with Crippen LogP contribution < -0.4 is 0 Å². The minimum atomic E-state index is -0.655. The average Bonchev–Trinajstić information content (AvgIpc) is 2.99. The Morgan fingerprint density at radius 1 is 1.44 bits per heavy atom. The van der Waals surface area contributed by atoms with E-state index in [1.807, 2.05) is 0 Å². The Morgan fingerprint density at radius 3 is 2.50 bits per heavy atom. The van der Waals surface area contributed by atoms with E-state index in [-0.39, 0.29) is 11.3 Å². The molecule has 4 heteroatoms. The molecule has 4 nitrogen and oxygen atoms in total. The molecular formula is C12H18N2O2. The number of piperidine rings is 1. The first-order valence-electron chi connectivity index (χ1n) is 5.97. The van der Waals surface area contributed by atoms with Crippen LogP contribution in [-0.4, -0.2) is 35.6 Å². The lowest BCUT2D eigenvalue weighted by Gasteiger charge is -2.32. The van der Waals surface area contributed by atoms with E-state index in [4.69, 9.17) is 10.4 Å². The highest BCUT2D eigenvalue weighted by Crippen LogP contribution is 2.49. The van der Waals surface area contributed by atoms with Gasteiger partial charge in [0, 0.05) is 13.0 Å². The van der Waals surface area contributed by atoms with Gasteiger partial charge in [-0.25, -0.2) is 0 Å². The maximum atomic E-state index is 10.8. The molecule has 88 valence electrons. The molecule has 0 aromatic heterocycles. The number of likely N-dealkylation sites (tertiary alicyclic amines) is 1. The molecule has 0 amide bonds. The van der Waals surface area contributed by atoms with Crippen LogP contribution in [0.25, 0.3) is 0 Å². The molecule has 1 N–H and O–H groups in total. The molecule has 1 aliphatic carbocycles. The lowest BCUT2D eigenvalue weighted by molar-refractivity contribution is -0.143. The summed E-state index contributed by atoms with van der Waals surface area (Å²) >= 11 is 0. The minimum Gasteiger partial charge on any atom is -0.481 e. The predicted octanol–water partition coefficient (Wildman–Crippen LogP) is 1.48. The van der Waals surface area contributed by atoms with Crippen molar-refractivity contribution in [2.75, 3.05) is 19.6 Å². The second-order valence-corrected chi connectivity index (χ2v) is 5.22. The summed E-state index contributed by atoms with van der Waals surface area (Å²) in [6.07, 6.45) is 4.51. The molecule has 1 aliphatic heterocycles. The van der Waals surface area contributed by atoms with Gasteiger partial charge in [-0.1, -0.05) is 0 Å². The van der Waals surface area contributed by atoms with E-state index in [0.717, 1.165) is 32.5 Å². The Bertz CT molecular complexity index is 309. The molecule has 2 fully saturated rings. The number of aliphatic carboxylic acids is 1. The van der Waals surface area contributed by atoms with Crippen molar-refractivity contribution in [2.45, 2.75) is 32.1 Å². The van der Waals surface area contributed by atoms with Crippen LogP contribution in [0.3, 0.4) is 0 Å². The van der Waals surface area contributed by atoms with E-state index in [1.165, 1.54) is 12.8 Å². The third-order valence-electron chi connectivity index (χ3n) is 3.91. The van der Waals surface area contributed by atoms with E-state index < -0.39 is 5.97 Å². The molecule has 0 radical (unpaired) electrons. The van der Waals surface area contributed by atoms with E-state index in [9.17, 15) is 4.79 Å². The third kappa shape index (κ3) is 2.53. The summed E-state index contributed by atoms with van der Waals surface area (Å²) in [6.45, 7) is 2.75. The molecule has 0 bridgehead atoms. The Morgan fingerprint density at radius 2 is 2.06 bits per heavy atom. The summed E-state index contributed by atoms with van der Waals surface area (Å²) in [5, 5.41) is 17.6. The van der Waals surface area contributed by atoms with Crippen LogP contribution in [0.15, 0.2) is 0 Å². The summed E-state index contributed by atoms with van der Waals surface area (Å²) in [5.74, 6) is -0.805. The Hall–Kier alpha value is -1.08. The van der Waals surface area contributed by atoms with Gasteiger partial charge in [0.15, 0.2) is 0 Å². The molecule has 1 heterocycles. The molecule has 0 spiro atoms. The van der Waals surface area contributed by atoms with Gasteiger partial charge in [0.25, 0.3) is 0 Å². The number of nitriles is 1. The van der Waals surface area contributed by atoms with Gasteiger partial charge in [-0.3, -0.25) is 4.79 Å². The molecule has 0 aromatic carbocycles. The third-order valence-corrected chi connectivity index (χ3v) is 3.91. The molecule has 16 heavy (non-hydrogen) atoms. The van der Waals surface area contributed by atoms with Crippen LogP contribution in [0.1, 0.15) is 32.1 Å². The normalized spacial score (nSPS) is 24.9. The van der Waals surface area contributed by atoms with Crippen molar-refractivity contribution >= 4 is 5.97 Å². The lowest BCUT2D eigenvalue weighted by Crippen LogP contribution is -2.39. The zero-order valence-electron chi connectivity index (χ0n) is 9.48. The first-order valence-corrected chi connectivity index (χ1v) is 5.97. The molecule has 1 saturated carbocycles. The maximum Gasteiger partial charge on any atom is 0.306 e. The summed E-state index contributed by atoms with van der Waals surface area (Å²) in [6, 6.07) is 2.27. The van der Waals surface area contributed by atoms with Crippen molar-refractivity contribution < 1.29 is 9.90 Å². The molecule has 0 atom stereocenters. The van der Waals surface area contributed by atoms with Crippen LogP contribution in [0, 0.1) is 22.7 Å². The van der Waals surface area contributed by atoms with Gasteiger partial charge in [-0.2, -0.15) is 5.26 Å². The molecule has 1 saturated heterocycles. The maximum absolute atomic E-state index is 10.8. The van der Waals surface area contributed by atoms with E-state index >= 15 is 0 Å². The molecular weight excluding hydrogens is 204 g/mol. The van der Waals surface area contributed by atoms with Gasteiger partial charge in [0.1, 0.15) is 0 Å². The molecule has 0 unspecified atom stereocenters. The highest BCUT2D eigenvalue weighted by molar-refractivity contribution is 5.70. The topological polar surface area (TPSA) is 64.3 Å². The van der Waals surface area contributed by atoms with Gasteiger partial charge in [-0.15, -0.1) is 0 Å². The number of nitrogens with zero attached hydrogens (tertiary/aromatic N) is 2. The number of carboxylic acid groups (broad SMARTS) is 1. The second-order valence-electron chi connectivity index (χ2n) is 5.22. The number of hydrogen-bond acceptors (Lipinski definition) is 3. The van der Waals surface area contributed by atoms with Crippen molar-refractivity contribution in [1.29, 1.82) is 5.26 Å². The zero-order valence-corrected chi connectivity index (χ0v) is 9.48. The van der Waals surface area contributed by atoms with Crippen LogP contribution in [0.2, 0.25) is 0 Å². The van der Waals surface area contributed by atoms with E-state index in [2.05, 4.69) is 11.0 Å². The monoisotopic (exact) mass is 222 g/mol. The minimum absolute atomic E-state index is 0.151. The lowest BCUT2D eigenvalue weighted by atomic mass is 9.95. The fourth-order valence-corrected chi connectivity index (χ4v) is 2.55. The van der Waals surface area contributed by atoms with Crippen molar-refractivity contribution in [3.8, 4) is 6.07 Å². The average molecular weight is 222 g/mol. The van der Waals surface area contributed by atoms with Crippen LogP contribution in [-0.2, 0) is 4.79 Å². The molecule has 2 aliphatic rings. The zero-order chi connectivity index (χ0) is 11.6. The van der Waals surface area contributed by atoms with Crippen molar-refractivity contribution in [3.63, 3.8) is 0 Å². The highest BCUT2D eigenvalue weighted by Gasteiger charge is 2.44. The van der Waals surface area contributed by atoms with E-state index in [0.29, 0.717) is 6.42 Å². The molecule has 0 aromatic rings. The van der Waals surface area contributed by atoms with Crippen molar-refractivity contribution in [2.24, 2.45) is 11.3 Å². The first kappa shape index (κ1) is 11.4. The Kier molecular flexibility index (Phi) is 3.15. The smallest absolute Gasteiger partial charge is 0.306 e. The molecule has 2 rings (SSSR count). The van der Waals surface area contributed by atoms with Gasteiger partial charge in [-0.05, 0) is 44.2 Å². The SMILES string of the molecule is N#CCC1(CN2CCC(C(=O)O)CC2)CC1. The highest BCUT2D eigenvalue weighted by atomic mass is 16.4. The van der Waals surface area contributed by atoms with Crippen molar-refractivity contribution in [3.05, 3.63) is 0 Å². The second kappa shape index (κ2) is 4.42. The number of hydrogen-bond donors (Lipinski definition) is 1. The standard InChI is InChI=1S/C12H18N2O2/c13-6-5-12(3-4-12)9-14-7-1-10(2-8-14)11(15)16/h10H,1-5,7-9H2,(H,15,16). The fraction of sp³-hybridized carbons (Fsp3) is 0.833. The summed E-state index contributed by atoms with van der Waals surface area (Å²) < 4.78 is 0. The van der Waals surface area contributed by atoms with Crippen LogP contribution in [0.4, 0.5) is 0 Å². The summed E-state index contributed by atoms with van der Waals surface area (Å²) in [7, 11) is 0. The predicted molar refractivity (Wildman–Crippen MR) is 58.7 cm³/mol. The number of rotatable bonds is 4. The van der Waals surface area contributed by atoms with Gasteiger partial charge >= 0.3 is 5.97 Å². The summed E-state index contributed by atoms with van der Waals surface area (Å²) in [5.41, 5.74) is 0.255. The van der Waals surface area contributed by atoms with Gasteiger partial charge < -0.3 is 10.0 Å². The first-order chi connectivity index (χ1) is 7.65. The van der Waals surface area contributed by atoms with Gasteiger partial charge in [0.2, 0.25) is 0 Å².